The van der Waals surface area contributed by atoms with Crippen molar-refractivity contribution < 1.29 is 19.4 Å². The smallest absolute Gasteiger partial charge is 0.303 e. The van der Waals surface area contributed by atoms with Gasteiger partial charge in [0.15, 0.2) is 0 Å². The first kappa shape index (κ1) is 20.1. The second kappa shape index (κ2) is 8.70. The summed E-state index contributed by atoms with van der Waals surface area (Å²) in [6.07, 6.45) is 1.63. The number of anilines is 2. The Balaban J connectivity index is 1.66. The van der Waals surface area contributed by atoms with Crippen LogP contribution in [0.2, 0.25) is 0 Å². The summed E-state index contributed by atoms with van der Waals surface area (Å²) in [6.45, 7) is 0. The molecule has 2 aromatic carbocycles. The highest BCUT2D eigenvalue weighted by molar-refractivity contribution is 5.91. The average Bonchev–Trinajstić information content (AvgIpc) is 3.20. The van der Waals surface area contributed by atoms with Crippen LogP contribution in [0.5, 0.6) is 5.75 Å². The Morgan fingerprint density at radius 2 is 1.87 bits per heavy atom. The molecule has 1 aliphatic rings. The highest BCUT2D eigenvalue weighted by atomic mass is 16.5. The summed E-state index contributed by atoms with van der Waals surface area (Å²) in [7, 11) is 1.61. The number of carbonyl (C=O) groups is 2. The first-order chi connectivity index (χ1) is 15.0. The van der Waals surface area contributed by atoms with Crippen LogP contribution in [0.1, 0.15) is 30.0 Å². The Morgan fingerprint density at radius 1 is 1.13 bits per heavy atom. The number of carboxylic acids is 1. The zero-order valence-corrected chi connectivity index (χ0v) is 16.8. The lowest BCUT2D eigenvalue weighted by atomic mass is 10.0. The predicted molar refractivity (Wildman–Crippen MR) is 115 cm³/mol. The van der Waals surface area contributed by atoms with Gasteiger partial charge in [-0.15, -0.1) is 5.10 Å². The summed E-state index contributed by atoms with van der Waals surface area (Å²) in [6, 6.07) is 17.2. The lowest BCUT2D eigenvalue weighted by Gasteiger charge is -2.24. The van der Waals surface area contributed by atoms with Gasteiger partial charge in [-0.3, -0.25) is 14.9 Å². The van der Waals surface area contributed by atoms with Crippen molar-refractivity contribution in [1.29, 1.82) is 0 Å². The van der Waals surface area contributed by atoms with E-state index in [1.807, 2.05) is 60.7 Å². The molecule has 31 heavy (non-hydrogen) atoms. The van der Waals surface area contributed by atoms with Gasteiger partial charge in [0.05, 0.1) is 13.5 Å². The Bertz CT molecular complexity index is 1120. The largest absolute Gasteiger partial charge is 0.497 e. The molecule has 4 rings (SSSR count). The second-order valence-electron chi connectivity index (χ2n) is 6.93. The first-order valence-corrected chi connectivity index (χ1v) is 9.70. The first-order valence-electron chi connectivity index (χ1n) is 9.70. The molecule has 1 atom stereocenters. The van der Waals surface area contributed by atoms with Crippen LogP contribution in [0.15, 0.2) is 60.7 Å². The summed E-state index contributed by atoms with van der Waals surface area (Å²) < 4.78 is 6.93. The van der Waals surface area contributed by atoms with Crippen molar-refractivity contribution in [2.75, 3.05) is 17.7 Å². The number of rotatable bonds is 7. The number of amides is 1. The zero-order chi connectivity index (χ0) is 21.8. The van der Waals surface area contributed by atoms with E-state index in [-0.39, 0.29) is 24.8 Å². The average molecular weight is 419 g/mol. The summed E-state index contributed by atoms with van der Waals surface area (Å²) in [5, 5.41) is 19.0. The van der Waals surface area contributed by atoms with Crippen LogP contribution in [0.25, 0.3) is 5.70 Å². The summed E-state index contributed by atoms with van der Waals surface area (Å²) >= 11 is 0. The third-order valence-electron chi connectivity index (χ3n) is 4.83. The number of nitrogens with zero attached hydrogens (tertiary/aromatic N) is 3. The van der Waals surface area contributed by atoms with Gasteiger partial charge in [0.2, 0.25) is 11.9 Å². The van der Waals surface area contributed by atoms with Crippen LogP contribution in [0, 0.1) is 0 Å². The van der Waals surface area contributed by atoms with Crippen LogP contribution in [0.4, 0.5) is 11.9 Å². The quantitative estimate of drug-likeness (QED) is 0.538. The second-order valence-corrected chi connectivity index (χ2v) is 6.93. The maximum Gasteiger partial charge on any atom is 0.303 e. The number of nitrogens with one attached hydrogen (secondary N) is 2. The molecule has 1 aliphatic heterocycles. The van der Waals surface area contributed by atoms with Gasteiger partial charge in [0.1, 0.15) is 11.8 Å². The van der Waals surface area contributed by atoms with E-state index in [0.29, 0.717) is 5.95 Å². The SMILES string of the molecule is COc1ccc([C@H]2C=C(c3ccccc3)Nc3nc(NC(=O)CCC(=O)O)nn32)cc1. The van der Waals surface area contributed by atoms with E-state index in [0.717, 1.165) is 22.6 Å². The highest BCUT2D eigenvalue weighted by Gasteiger charge is 2.26. The summed E-state index contributed by atoms with van der Waals surface area (Å²) in [5.74, 6) is -0.169. The molecule has 0 spiro atoms. The van der Waals surface area contributed by atoms with Crippen molar-refractivity contribution in [3.05, 3.63) is 71.8 Å². The van der Waals surface area contributed by atoms with E-state index in [4.69, 9.17) is 9.84 Å². The third-order valence-corrected chi connectivity index (χ3v) is 4.83. The van der Waals surface area contributed by atoms with Gasteiger partial charge >= 0.3 is 5.97 Å². The molecule has 9 heteroatoms. The van der Waals surface area contributed by atoms with Crippen molar-refractivity contribution >= 4 is 29.5 Å². The number of ether oxygens (including phenoxy) is 1. The van der Waals surface area contributed by atoms with Crippen molar-refractivity contribution in [3.63, 3.8) is 0 Å². The van der Waals surface area contributed by atoms with Crippen LogP contribution in [0.3, 0.4) is 0 Å². The van der Waals surface area contributed by atoms with Gasteiger partial charge in [-0.2, -0.15) is 4.98 Å². The predicted octanol–water partition coefficient (Wildman–Crippen LogP) is 3.15. The molecular weight excluding hydrogens is 398 g/mol. The third kappa shape index (κ3) is 4.55. The number of benzene rings is 2. The molecule has 0 bridgehead atoms. The van der Waals surface area contributed by atoms with Crippen molar-refractivity contribution in [3.8, 4) is 5.75 Å². The number of fused-ring (bicyclic) bond motifs is 1. The van der Waals surface area contributed by atoms with Crippen LogP contribution in [-0.2, 0) is 9.59 Å². The van der Waals surface area contributed by atoms with Crippen molar-refractivity contribution in [2.24, 2.45) is 0 Å². The molecule has 3 N–H and O–H groups in total. The van der Waals surface area contributed by atoms with Gasteiger partial charge in [-0.1, -0.05) is 42.5 Å². The van der Waals surface area contributed by atoms with Gasteiger partial charge < -0.3 is 15.2 Å². The molecule has 0 saturated carbocycles. The molecule has 9 nitrogen and oxygen atoms in total. The molecule has 1 aromatic heterocycles. The number of carboxylic acid groups (broad SMARTS) is 1. The van der Waals surface area contributed by atoms with Crippen molar-refractivity contribution in [1.82, 2.24) is 14.8 Å². The molecular formula is C22H21N5O4. The number of aromatic nitrogens is 3. The molecule has 1 amide bonds. The minimum absolute atomic E-state index is 0.110. The lowest BCUT2D eigenvalue weighted by Crippen LogP contribution is -2.20. The molecule has 0 radical (unpaired) electrons. The number of aliphatic carboxylic acids is 1. The molecule has 0 fully saturated rings. The van der Waals surface area contributed by atoms with E-state index in [9.17, 15) is 9.59 Å². The van der Waals surface area contributed by atoms with Gasteiger partial charge in [-0.05, 0) is 29.3 Å². The molecule has 158 valence electrons. The van der Waals surface area contributed by atoms with Crippen LogP contribution < -0.4 is 15.4 Å². The monoisotopic (exact) mass is 419 g/mol. The Kier molecular flexibility index (Phi) is 5.65. The van der Waals surface area contributed by atoms with Gasteiger partial charge in [0.25, 0.3) is 5.95 Å². The lowest BCUT2D eigenvalue weighted by molar-refractivity contribution is -0.138. The number of allylic oxidation sites excluding steroid dienone is 1. The molecule has 0 unspecified atom stereocenters. The van der Waals surface area contributed by atoms with E-state index >= 15 is 0 Å². The summed E-state index contributed by atoms with van der Waals surface area (Å²) in [5.41, 5.74) is 2.82. The summed E-state index contributed by atoms with van der Waals surface area (Å²) in [4.78, 5) is 27.1. The fourth-order valence-electron chi connectivity index (χ4n) is 3.28. The number of hydrogen-bond acceptors (Lipinski definition) is 6. The molecule has 3 aromatic rings. The van der Waals surface area contributed by atoms with Crippen LogP contribution >= 0.6 is 0 Å². The van der Waals surface area contributed by atoms with Gasteiger partial charge in [-0.25, -0.2) is 4.68 Å². The van der Waals surface area contributed by atoms with E-state index in [1.54, 1.807) is 11.8 Å². The number of carbonyl (C=O) groups excluding carboxylic acids is 1. The Labute approximate surface area is 178 Å². The maximum absolute atomic E-state index is 12.0. The van der Waals surface area contributed by atoms with E-state index in [2.05, 4.69) is 20.7 Å². The minimum atomic E-state index is -1.04. The fourth-order valence-corrected chi connectivity index (χ4v) is 3.28. The normalized spacial score (nSPS) is 14.7. The molecule has 0 saturated heterocycles. The zero-order valence-electron chi connectivity index (χ0n) is 16.8. The number of hydrogen-bond donors (Lipinski definition) is 3. The fraction of sp³-hybridized carbons (Fsp3) is 0.182. The minimum Gasteiger partial charge on any atom is -0.497 e. The van der Waals surface area contributed by atoms with E-state index in [1.165, 1.54) is 0 Å². The van der Waals surface area contributed by atoms with Gasteiger partial charge in [0, 0.05) is 12.1 Å². The number of methoxy groups -OCH3 is 1. The van der Waals surface area contributed by atoms with E-state index < -0.39 is 11.9 Å². The highest BCUT2D eigenvalue weighted by Crippen LogP contribution is 2.33. The van der Waals surface area contributed by atoms with Crippen LogP contribution in [-0.4, -0.2) is 38.9 Å². The Morgan fingerprint density at radius 3 is 2.55 bits per heavy atom. The molecule has 0 aliphatic carbocycles. The Hall–Kier alpha value is -4.14. The van der Waals surface area contributed by atoms with Crippen molar-refractivity contribution in [2.45, 2.75) is 18.9 Å². The standard InChI is InChI=1S/C22H21N5O4/c1-31-16-9-7-15(8-10-16)18-13-17(14-5-3-2-4-6-14)23-22-25-21(26-27(18)22)24-19(28)11-12-20(29)30/h2-10,13,18H,11-12H2,1H3,(H,29,30)(H2,23,24,25,26,28)/t18-/m1/s1. The maximum atomic E-state index is 12.0. The molecule has 2 heterocycles. The topological polar surface area (TPSA) is 118 Å².